The molecule has 0 spiro atoms. The second-order valence-corrected chi connectivity index (χ2v) is 8.91. The highest BCUT2D eigenvalue weighted by atomic mass is 16.5. The lowest BCUT2D eigenvalue weighted by molar-refractivity contribution is -0.158. The van der Waals surface area contributed by atoms with E-state index in [4.69, 9.17) is 9.47 Å². The molecule has 4 rings (SSSR count). The van der Waals surface area contributed by atoms with Gasteiger partial charge in [-0.1, -0.05) is 42.5 Å². The van der Waals surface area contributed by atoms with Gasteiger partial charge in [-0.25, -0.2) is 0 Å². The molecule has 10 nitrogen and oxygen atoms in total. The number of carbonyl (C=O) groups is 3. The Bertz CT molecular complexity index is 1120. The molecule has 0 unspecified atom stereocenters. The lowest BCUT2D eigenvalue weighted by atomic mass is 10.1. The molecule has 0 radical (unpaired) electrons. The van der Waals surface area contributed by atoms with E-state index in [1.54, 1.807) is 4.90 Å². The third-order valence-electron chi connectivity index (χ3n) is 6.21. The van der Waals surface area contributed by atoms with Crippen LogP contribution in [0.3, 0.4) is 0 Å². The predicted molar refractivity (Wildman–Crippen MR) is 133 cm³/mol. The molecule has 0 bridgehead atoms. The summed E-state index contributed by atoms with van der Waals surface area (Å²) in [5.41, 5.74) is 1.98. The number of hydrogen-bond donors (Lipinski definition) is 3. The van der Waals surface area contributed by atoms with Gasteiger partial charge in [-0.15, -0.1) is 0 Å². The Kier molecular flexibility index (Phi) is 8.76. The van der Waals surface area contributed by atoms with E-state index in [0.717, 1.165) is 28.2 Å². The maximum atomic E-state index is 12.7. The molecule has 2 aliphatic rings. The minimum atomic E-state index is -1.97. The number of carbonyl (C=O) groups excluding carboxylic acids is 3. The summed E-state index contributed by atoms with van der Waals surface area (Å²) in [4.78, 5) is 40.2. The molecule has 1 fully saturated rings. The van der Waals surface area contributed by atoms with E-state index in [1.165, 1.54) is 0 Å². The number of hydrogen-bond acceptors (Lipinski definition) is 7. The third kappa shape index (κ3) is 7.08. The van der Waals surface area contributed by atoms with Crippen LogP contribution in [0.2, 0.25) is 0 Å². The van der Waals surface area contributed by atoms with Crippen LogP contribution in [0.1, 0.15) is 17.5 Å². The standard InChI is InChI=1S/C27H31N3O7/c31-23-17-30(27(35)25(33)24(32)26(34)28-15-22-7-4-14-36-22)13-12-29(23)16-19-8-10-21(11-9-19)37-18-20-5-2-1-3-6-20/h1-3,5-11,24-25,32-33H,4,12-18H2,(H,28,34)/t24-,25-/m1/s1. The van der Waals surface area contributed by atoms with Crippen LogP contribution in [0.15, 0.2) is 66.4 Å². The van der Waals surface area contributed by atoms with Crippen LogP contribution >= 0.6 is 0 Å². The summed E-state index contributed by atoms with van der Waals surface area (Å²) in [7, 11) is 0. The zero-order chi connectivity index (χ0) is 26.2. The minimum Gasteiger partial charge on any atom is -0.496 e. The quantitative estimate of drug-likeness (QED) is 0.427. The van der Waals surface area contributed by atoms with Crippen LogP contribution in [0.5, 0.6) is 5.75 Å². The molecule has 3 N–H and O–H groups in total. The Morgan fingerprint density at radius 2 is 1.76 bits per heavy atom. The largest absolute Gasteiger partial charge is 0.496 e. The van der Waals surface area contributed by atoms with Crippen LogP contribution in [0.4, 0.5) is 0 Å². The van der Waals surface area contributed by atoms with Crippen LogP contribution < -0.4 is 10.1 Å². The van der Waals surface area contributed by atoms with Crippen LogP contribution in [0, 0.1) is 0 Å². The smallest absolute Gasteiger partial charge is 0.255 e. The van der Waals surface area contributed by atoms with Crippen molar-refractivity contribution in [2.75, 3.05) is 32.8 Å². The highest BCUT2D eigenvalue weighted by Crippen LogP contribution is 2.17. The number of rotatable bonds is 10. The molecule has 2 atom stereocenters. The average molecular weight is 510 g/mol. The topological polar surface area (TPSA) is 129 Å². The van der Waals surface area contributed by atoms with Crippen LogP contribution in [-0.4, -0.2) is 82.7 Å². The monoisotopic (exact) mass is 509 g/mol. The highest BCUT2D eigenvalue weighted by Gasteiger charge is 2.36. The van der Waals surface area contributed by atoms with E-state index < -0.39 is 24.0 Å². The molecule has 0 aromatic heterocycles. The van der Waals surface area contributed by atoms with Gasteiger partial charge in [-0.3, -0.25) is 14.4 Å². The van der Waals surface area contributed by atoms with Gasteiger partial charge in [0.25, 0.3) is 11.8 Å². The highest BCUT2D eigenvalue weighted by molar-refractivity contribution is 5.93. The fraction of sp³-hybridized carbons (Fsp3) is 0.370. The number of ether oxygens (including phenoxy) is 2. The molecular weight excluding hydrogens is 478 g/mol. The van der Waals surface area contributed by atoms with E-state index in [0.29, 0.717) is 25.5 Å². The first-order valence-electron chi connectivity index (χ1n) is 12.2. The van der Waals surface area contributed by atoms with Gasteiger partial charge < -0.3 is 34.8 Å². The number of piperazine rings is 1. The van der Waals surface area contributed by atoms with E-state index in [-0.39, 0.29) is 32.1 Å². The Labute approximate surface area is 215 Å². The average Bonchev–Trinajstić information content (AvgIpc) is 3.45. The number of nitrogens with one attached hydrogen (secondary N) is 1. The van der Waals surface area contributed by atoms with Crippen molar-refractivity contribution in [1.29, 1.82) is 0 Å². The molecule has 0 aliphatic carbocycles. The number of nitrogens with zero attached hydrogens (tertiary/aromatic N) is 2. The molecule has 196 valence electrons. The van der Waals surface area contributed by atoms with Gasteiger partial charge in [0.05, 0.1) is 19.7 Å². The first kappa shape index (κ1) is 26.2. The number of benzene rings is 2. The zero-order valence-corrected chi connectivity index (χ0v) is 20.4. The zero-order valence-electron chi connectivity index (χ0n) is 20.4. The van der Waals surface area contributed by atoms with Gasteiger partial charge in [-0.05, 0) is 29.3 Å². The van der Waals surface area contributed by atoms with Crippen LogP contribution in [-0.2, 0) is 32.3 Å². The van der Waals surface area contributed by atoms with Gasteiger partial charge in [0.2, 0.25) is 5.91 Å². The second kappa shape index (κ2) is 12.4. The molecule has 10 heteroatoms. The molecule has 1 saturated heterocycles. The molecule has 3 amide bonds. The first-order valence-corrected chi connectivity index (χ1v) is 12.2. The van der Waals surface area contributed by atoms with Crippen molar-refractivity contribution in [3.8, 4) is 5.75 Å². The predicted octanol–water partition coefficient (Wildman–Crippen LogP) is 0.579. The SMILES string of the molecule is O=C(NCC1=CCCO1)[C@H](O)[C@@H](O)C(=O)N1CCN(Cc2ccc(OCc3ccccc3)cc2)C(=O)C1. The lowest BCUT2D eigenvalue weighted by Crippen LogP contribution is -2.57. The van der Waals surface area contributed by atoms with Crippen molar-refractivity contribution in [2.24, 2.45) is 0 Å². The van der Waals surface area contributed by atoms with E-state index in [2.05, 4.69) is 5.32 Å². The maximum Gasteiger partial charge on any atom is 0.255 e. The summed E-state index contributed by atoms with van der Waals surface area (Å²) in [6.07, 6.45) is -1.37. The normalized spacial score (nSPS) is 17.0. The van der Waals surface area contributed by atoms with Crippen molar-refractivity contribution in [3.05, 3.63) is 77.6 Å². The van der Waals surface area contributed by atoms with Crippen molar-refractivity contribution in [2.45, 2.75) is 31.8 Å². The lowest BCUT2D eigenvalue weighted by Gasteiger charge is -2.35. The van der Waals surface area contributed by atoms with Crippen molar-refractivity contribution in [3.63, 3.8) is 0 Å². The second-order valence-electron chi connectivity index (χ2n) is 8.91. The van der Waals surface area contributed by atoms with E-state index >= 15 is 0 Å². The number of aliphatic hydroxyl groups excluding tert-OH is 2. The number of amides is 3. The Morgan fingerprint density at radius 1 is 1.00 bits per heavy atom. The van der Waals surface area contributed by atoms with Gasteiger partial charge in [0.15, 0.2) is 12.2 Å². The van der Waals surface area contributed by atoms with E-state index in [1.807, 2.05) is 60.7 Å². The third-order valence-corrected chi connectivity index (χ3v) is 6.21. The van der Waals surface area contributed by atoms with Crippen LogP contribution in [0.25, 0.3) is 0 Å². The molecule has 2 heterocycles. The van der Waals surface area contributed by atoms with Crippen molar-refractivity contribution < 1.29 is 34.1 Å². The van der Waals surface area contributed by atoms with Gasteiger partial charge in [-0.2, -0.15) is 0 Å². The molecular formula is C27H31N3O7. The fourth-order valence-electron chi connectivity index (χ4n) is 4.05. The molecule has 2 aromatic rings. The van der Waals surface area contributed by atoms with Crippen molar-refractivity contribution in [1.82, 2.24) is 15.1 Å². The van der Waals surface area contributed by atoms with Gasteiger partial charge >= 0.3 is 0 Å². The number of aliphatic hydroxyl groups is 2. The van der Waals surface area contributed by atoms with Crippen molar-refractivity contribution >= 4 is 17.7 Å². The van der Waals surface area contributed by atoms with E-state index in [9.17, 15) is 24.6 Å². The molecule has 2 aliphatic heterocycles. The summed E-state index contributed by atoms with van der Waals surface area (Å²) in [5, 5.41) is 22.8. The fourth-order valence-corrected chi connectivity index (χ4v) is 4.05. The summed E-state index contributed by atoms with van der Waals surface area (Å²) < 4.78 is 11.1. The Balaban J connectivity index is 1.22. The summed E-state index contributed by atoms with van der Waals surface area (Å²) in [6, 6.07) is 17.3. The Hall–Kier alpha value is -3.89. The molecule has 37 heavy (non-hydrogen) atoms. The minimum absolute atomic E-state index is 0.0636. The first-order chi connectivity index (χ1) is 17.9. The summed E-state index contributed by atoms with van der Waals surface area (Å²) in [6.45, 7) is 1.61. The van der Waals surface area contributed by atoms with Gasteiger partial charge in [0, 0.05) is 26.1 Å². The Morgan fingerprint density at radius 3 is 2.43 bits per heavy atom. The molecule has 2 aromatic carbocycles. The van der Waals surface area contributed by atoms with Gasteiger partial charge in [0.1, 0.15) is 18.1 Å². The maximum absolute atomic E-state index is 12.7. The molecule has 0 saturated carbocycles. The summed E-state index contributed by atoms with van der Waals surface area (Å²) >= 11 is 0. The summed E-state index contributed by atoms with van der Waals surface area (Å²) in [5.74, 6) is -0.762.